The Balaban J connectivity index is 1.83. The van der Waals surface area contributed by atoms with Gasteiger partial charge in [-0.2, -0.15) is 0 Å². The number of hydrogen-bond donors (Lipinski definition) is 1. The molecule has 6 nitrogen and oxygen atoms in total. The molecule has 0 aromatic heterocycles. The van der Waals surface area contributed by atoms with Crippen molar-refractivity contribution in [2.45, 2.75) is 32.6 Å². The van der Waals surface area contributed by atoms with Crippen LogP contribution in [0.3, 0.4) is 0 Å². The fourth-order valence-corrected chi connectivity index (χ4v) is 3.03. The Morgan fingerprint density at radius 2 is 2.17 bits per heavy atom. The zero-order valence-electron chi connectivity index (χ0n) is 14.3. The van der Waals surface area contributed by atoms with E-state index in [4.69, 9.17) is 14.6 Å². The number of benzene rings is 1. The molecular formula is C18H25NO5. The van der Waals surface area contributed by atoms with Gasteiger partial charge in [0, 0.05) is 19.5 Å². The minimum Gasteiger partial charge on any atom is -0.496 e. The van der Waals surface area contributed by atoms with Crippen LogP contribution in [0, 0.1) is 12.8 Å². The van der Waals surface area contributed by atoms with Gasteiger partial charge in [0.15, 0.2) is 6.61 Å². The van der Waals surface area contributed by atoms with Crippen LogP contribution in [-0.4, -0.2) is 48.7 Å². The third kappa shape index (κ3) is 5.15. The molecule has 24 heavy (non-hydrogen) atoms. The van der Waals surface area contributed by atoms with Crippen LogP contribution in [0.2, 0.25) is 0 Å². The summed E-state index contributed by atoms with van der Waals surface area (Å²) in [6, 6.07) is 5.45. The Morgan fingerprint density at radius 3 is 2.83 bits per heavy atom. The van der Waals surface area contributed by atoms with E-state index < -0.39 is 5.97 Å². The van der Waals surface area contributed by atoms with E-state index in [1.807, 2.05) is 19.1 Å². The summed E-state index contributed by atoms with van der Waals surface area (Å²) in [7, 11) is 1.61. The Kier molecular flexibility index (Phi) is 6.46. The van der Waals surface area contributed by atoms with Crippen LogP contribution in [0.1, 0.15) is 31.2 Å². The summed E-state index contributed by atoms with van der Waals surface area (Å²) in [6.07, 6.45) is 2.68. The lowest BCUT2D eigenvalue weighted by Gasteiger charge is -2.32. The van der Waals surface area contributed by atoms with Crippen LogP contribution in [0.15, 0.2) is 18.2 Å². The molecule has 1 aromatic carbocycles. The number of nitrogens with zero attached hydrogens (tertiary/aromatic N) is 1. The van der Waals surface area contributed by atoms with Crippen LogP contribution >= 0.6 is 0 Å². The highest BCUT2D eigenvalue weighted by Gasteiger charge is 2.24. The molecule has 0 spiro atoms. The van der Waals surface area contributed by atoms with E-state index in [1.165, 1.54) is 0 Å². The number of carbonyl (C=O) groups is 2. The number of ether oxygens (including phenoxy) is 2. The number of carbonyl (C=O) groups excluding carboxylic acids is 1. The SMILES string of the molecule is COc1ccc(OCC(=O)N2CCCC(CCC(=O)O)C2)cc1C. The van der Waals surface area contributed by atoms with Crippen LogP contribution in [-0.2, 0) is 9.59 Å². The topological polar surface area (TPSA) is 76.1 Å². The smallest absolute Gasteiger partial charge is 0.303 e. The van der Waals surface area contributed by atoms with Crippen LogP contribution < -0.4 is 9.47 Å². The molecule has 1 atom stereocenters. The second kappa shape index (κ2) is 8.57. The molecule has 132 valence electrons. The van der Waals surface area contributed by atoms with Crippen molar-refractivity contribution in [3.63, 3.8) is 0 Å². The molecule has 1 aromatic rings. The number of aliphatic carboxylic acids is 1. The summed E-state index contributed by atoms with van der Waals surface area (Å²) >= 11 is 0. The number of carboxylic acids is 1. The molecule has 0 radical (unpaired) electrons. The lowest BCUT2D eigenvalue weighted by molar-refractivity contribution is -0.137. The largest absolute Gasteiger partial charge is 0.496 e. The lowest BCUT2D eigenvalue weighted by atomic mass is 9.93. The normalized spacial score (nSPS) is 17.4. The third-order valence-electron chi connectivity index (χ3n) is 4.37. The van der Waals surface area contributed by atoms with Crippen molar-refractivity contribution in [1.82, 2.24) is 4.90 Å². The van der Waals surface area contributed by atoms with E-state index in [0.717, 1.165) is 24.2 Å². The number of methoxy groups -OCH3 is 1. The molecule has 1 saturated heterocycles. The van der Waals surface area contributed by atoms with E-state index in [2.05, 4.69) is 0 Å². The predicted octanol–water partition coefficient (Wildman–Crippen LogP) is 2.49. The second-order valence-corrected chi connectivity index (χ2v) is 6.20. The summed E-state index contributed by atoms with van der Waals surface area (Å²) in [5.41, 5.74) is 0.953. The van der Waals surface area contributed by atoms with Crippen LogP contribution in [0.25, 0.3) is 0 Å². The Bertz CT molecular complexity index is 587. The van der Waals surface area contributed by atoms with E-state index >= 15 is 0 Å². The first-order valence-electron chi connectivity index (χ1n) is 8.26. The van der Waals surface area contributed by atoms with Crippen molar-refractivity contribution in [3.8, 4) is 11.5 Å². The number of likely N-dealkylation sites (tertiary alicyclic amines) is 1. The van der Waals surface area contributed by atoms with Gasteiger partial charge in [0.05, 0.1) is 7.11 Å². The van der Waals surface area contributed by atoms with Gasteiger partial charge in [0.25, 0.3) is 5.91 Å². The summed E-state index contributed by atoms with van der Waals surface area (Å²) in [4.78, 5) is 24.8. The van der Waals surface area contributed by atoms with Crippen molar-refractivity contribution >= 4 is 11.9 Å². The number of aryl methyl sites for hydroxylation is 1. The van der Waals surface area contributed by atoms with Gasteiger partial charge in [-0.1, -0.05) is 0 Å². The molecule has 1 N–H and O–H groups in total. The van der Waals surface area contributed by atoms with Gasteiger partial charge in [-0.05, 0) is 55.9 Å². The standard InChI is InChI=1S/C18H25NO5/c1-13-10-15(6-7-16(13)23-2)24-12-17(20)19-9-3-4-14(11-19)5-8-18(21)22/h6-7,10,14H,3-5,8-9,11-12H2,1-2H3,(H,21,22). The summed E-state index contributed by atoms with van der Waals surface area (Å²) in [6.45, 7) is 3.26. The van der Waals surface area contributed by atoms with E-state index in [0.29, 0.717) is 25.3 Å². The van der Waals surface area contributed by atoms with Gasteiger partial charge in [0.1, 0.15) is 11.5 Å². The highest BCUT2D eigenvalue weighted by atomic mass is 16.5. The molecule has 1 fully saturated rings. The van der Waals surface area contributed by atoms with Crippen LogP contribution in [0.4, 0.5) is 0 Å². The third-order valence-corrected chi connectivity index (χ3v) is 4.37. The van der Waals surface area contributed by atoms with Crippen molar-refractivity contribution < 1.29 is 24.2 Å². The van der Waals surface area contributed by atoms with Crippen LogP contribution in [0.5, 0.6) is 11.5 Å². The minimum atomic E-state index is -0.781. The first kappa shape index (κ1) is 18.1. The maximum absolute atomic E-state index is 12.3. The van der Waals surface area contributed by atoms with Crippen molar-refractivity contribution in [2.24, 2.45) is 5.92 Å². The van der Waals surface area contributed by atoms with Gasteiger partial charge in [-0.15, -0.1) is 0 Å². The first-order valence-corrected chi connectivity index (χ1v) is 8.26. The second-order valence-electron chi connectivity index (χ2n) is 6.20. The molecular weight excluding hydrogens is 310 g/mol. The monoisotopic (exact) mass is 335 g/mol. The fraction of sp³-hybridized carbons (Fsp3) is 0.556. The number of rotatable bonds is 7. The van der Waals surface area contributed by atoms with Gasteiger partial charge in [-0.3, -0.25) is 9.59 Å². The van der Waals surface area contributed by atoms with Crippen molar-refractivity contribution in [1.29, 1.82) is 0 Å². The van der Waals surface area contributed by atoms with E-state index in [-0.39, 0.29) is 24.9 Å². The molecule has 2 rings (SSSR count). The predicted molar refractivity (Wildman–Crippen MR) is 89.4 cm³/mol. The molecule has 6 heteroatoms. The number of carboxylic acid groups (broad SMARTS) is 1. The number of amides is 1. The van der Waals surface area contributed by atoms with Gasteiger partial charge >= 0.3 is 5.97 Å². The average Bonchev–Trinajstić information content (AvgIpc) is 2.58. The average molecular weight is 335 g/mol. The van der Waals surface area contributed by atoms with E-state index in [9.17, 15) is 9.59 Å². The Hall–Kier alpha value is -2.24. The Labute approximate surface area is 142 Å². The minimum absolute atomic E-state index is 0.00256. The molecule has 1 aliphatic rings. The molecule has 1 aliphatic heterocycles. The number of hydrogen-bond acceptors (Lipinski definition) is 4. The molecule has 0 aliphatic carbocycles. The van der Waals surface area contributed by atoms with Crippen molar-refractivity contribution in [2.75, 3.05) is 26.8 Å². The fourth-order valence-electron chi connectivity index (χ4n) is 3.03. The van der Waals surface area contributed by atoms with Gasteiger partial charge < -0.3 is 19.5 Å². The molecule has 0 saturated carbocycles. The maximum Gasteiger partial charge on any atom is 0.303 e. The maximum atomic E-state index is 12.3. The summed E-state index contributed by atoms with van der Waals surface area (Å²) in [5.74, 6) is 0.856. The quantitative estimate of drug-likeness (QED) is 0.828. The highest BCUT2D eigenvalue weighted by Crippen LogP contribution is 2.24. The van der Waals surface area contributed by atoms with E-state index in [1.54, 1.807) is 18.1 Å². The molecule has 0 bridgehead atoms. The van der Waals surface area contributed by atoms with Gasteiger partial charge in [-0.25, -0.2) is 0 Å². The summed E-state index contributed by atoms with van der Waals surface area (Å²) < 4.78 is 10.8. The summed E-state index contributed by atoms with van der Waals surface area (Å²) in [5, 5.41) is 8.78. The molecule has 1 unspecified atom stereocenters. The van der Waals surface area contributed by atoms with Gasteiger partial charge in [0.2, 0.25) is 0 Å². The Morgan fingerprint density at radius 1 is 1.38 bits per heavy atom. The highest BCUT2D eigenvalue weighted by molar-refractivity contribution is 5.78. The first-order chi connectivity index (χ1) is 11.5. The lowest BCUT2D eigenvalue weighted by Crippen LogP contribution is -2.42. The van der Waals surface area contributed by atoms with Crippen molar-refractivity contribution in [3.05, 3.63) is 23.8 Å². The molecule has 1 amide bonds. The zero-order valence-corrected chi connectivity index (χ0v) is 14.3. The number of piperidine rings is 1. The zero-order chi connectivity index (χ0) is 17.5. The molecule has 1 heterocycles.